The Kier molecular flexibility index (Phi) is 5.41. The van der Waals surface area contributed by atoms with Crippen LogP contribution in [0.5, 0.6) is 0 Å². The lowest BCUT2D eigenvalue weighted by atomic mass is 10.1. The minimum Gasteiger partial charge on any atom is -0.351 e. The highest BCUT2D eigenvalue weighted by Crippen LogP contribution is 2.27. The molecular weight excluding hydrogens is 363 g/mol. The number of benzene rings is 1. The molecule has 26 heavy (non-hydrogen) atoms. The Morgan fingerprint density at radius 2 is 1.92 bits per heavy atom. The van der Waals surface area contributed by atoms with E-state index in [2.05, 4.69) is 10.4 Å². The molecule has 0 saturated carbocycles. The van der Waals surface area contributed by atoms with Gasteiger partial charge in [-0.25, -0.2) is 0 Å². The quantitative estimate of drug-likeness (QED) is 0.704. The summed E-state index contributed by atoms with van der Waals surface area (Å²) < 4.78 is 38.9. The van der Waals surface area contributed by atoms with E-state index in [1.807, 2.05) is 30.3 Å². The van der Waals surface area contributed by atoms with Gasteiger partial charge in [0.05, 0.1) is 11.4 Å². The van der Waals surface area contributed by atoms with Crippen molar-refractivity contribution in [3.05, 3.63) is 75.7 Å². The van der Waals surface area contributed by atoms with Crippen LogP contribution in [0.3, 0.4) is 0 Å². The Morgan fingerprint density at radius 1 is 1.15 bits per heavy atom. The second-order valence-electron chi connectivity index (χ2n) is 5.71. The first-order valence-electron chi connectivity index (χ1n) is 7.92. The van der Waals surface area contributed by atoms with Crippen LogP contribution in [0.1, 0.15) is 26.5 Å². The number of halogens is 3. The minimum absolute atomic E-state index is 0.184. The first kappa shape index (κ1) is 18.2. The monoisotopic (exact) mass is 379 g/mol. The third kappa shape index (κ3) is 4.72. The first-order valence-corrected chi connectivity index (χ1v) is 8.80. The van der Waals surface area contributed by atoms with Gasteiger partial charge < -0.3 is 5.32 Å². The number of nitrogens with one attached hydrogen (secondary N) is 1. The summed E-state index contributed by atoms with van der Waals surface area (Å²) in [7, 11) is 0. The Labute approximate surface area is 152 Å². The highest BCUT2D eigenvalue weighted by molar-refractivity contribution is 7.12. The predicted octanol–water partition coefficient (Wildman–Crippen LogP) is 3.98. The molecule has 1 amide bonds. The van der Waals surface area contributed by atoms with Crippen molar-refractivity contribution >= 4 is 17.2 Å². The Hall–Kier alpha value is -2.61. The van der Waals surface area contributed by atoms with Gasteiger partial charge in [-0.15, -0.1) is 11.3 Å². The average Bonchev–Trinajstić information content (AvgIpc) is 3.25. The summed E-state index contributed by atoms with van der Waals surface area (Å²) in [5, 5.41) is 8.11. The maximum Gasteiger partial charge on any atom is 0.435 e. The highest BCUT2D eigenvalue weighted by atomic mass is 32.1. The van der Waals surface area contributed by atoms with Crippen molar-refractivity contribution in [3.63, 3.8) is 0 Å². The molecule has 1 N–H and O–H groups in total. The van der Waals surface area contributed by atoms with Gasteiger partial charge in [0.25, 0.3) is 5.91 Å². The predicted molar refractivity (Wildman–Crippen MR) is 93.1 cm³/mol. The fourth-order valence-electron chi connectivity index (χ4n) is 2.42. The third-order valence-electron chi connectivity index (χ3n) is 3.70. The lowest BCUT2D eigenvalue weighted by Crippen LogP contribution is -2.24. The van der Waals surface area contributed by atoms with E-state index < -0.39 is 11.9 Å². The molecule has 0 aliphatic heterocycles. The average molecular weight is 379 g/mol. The lowest BCUT2D eigenvalue weighted by Gasteiger charge is -2.03. The molecule has 0 aliphatic rings. The van der Waals surface area contributed by atoms with E-state index >= 15 is 0 Å². The zero-order valence-electron chi connectivity index (χ0n) is 13.7. The molecule has 0 unspecified atom stereocenters. The van der Waals surface area contributed by atoms with Gasteiger partial charge in [-0.3, -0.25) is 9.48 Å². The molecule has 136 valence electrons. The summed E-state index contributed by atoms with van der Waals surface area (Å²) in [4.78, 5) is 12.7. The van der Waals surface area contributed by atoms with Crippen LogP contribution < -0.4 is 5.32 Å². The second kappa shape index (κ2) is 7.74. The summed E-state index contributed by atoms with van der Waals surface area (Å²) in [6, 6.07) is 12.4. The molecule has 2 heterocycles. The van der Waals surface area contributed by atoms with Gasteiger partial charge in [0.2, 0.25) is 0 Å². The van der Waals surface area contributed by atoms with Gasteiger partial charge in [-0.1, -0.05) is 30.3 Å². The summed E-state index contributed by atoms with van der Waals surface area (Å²) in [6.45, 7) is 0.702. The van der Waals surface area contributed by atoms with Gasteiger partial charge >= 0.3 is 6.18 Å². The first-order chi connectivity index (χ1) is 12.4. The number of amides is 1. The minimum atomic E-state index is -4.45. The Bertz CT molecular complexity index is 871. The molecular formula is C18H16F3N3OS. The van der Waals surface area contributed by atoms with Crippen molar-refractivity contribution in [2.75, 3.05) is 6.54 Å². The maximum atomic E-state index is 12.6. The second-order valence-corrected chi connectivity index (χ2v) is 6.62. The van der Waals surface area contributed by atoms with Crippen LogP contribution in [0.2, 0.25) is 0 Å². The van der Waals surface area contributed by atoms with E-state index in [0.717, 1.165) is 23.6 Å². The number of rotatable bonds is 6. The summed E-state index contributed by atoms with van der Waals surface area (Å²) in [6.07, 6.45) is -2.44. The number of hydrogen-bond donors (Lipinski definition) is 1. The molecule has 0 radical (unpaired) electrons. The molecule has 0 aliphatic carbocycles. The largest absolute Gasteiger partial charge is 0.435 e. The fraction of sp³-hybridized carbons (Fsp3) is 0.222. The molecule has 1 aromatic carbocycles. The topological polar surface area (TPSA) is 46.9 Å². The molecule has 0 spiro atoms. The number of carbonyl (C=O) groups is 1. The van der Waals surface area contributed by atoms with E-state index in [9.17, 15) is 18.0 Å². The van der Waals surface area contributed by atoms with Crippen molar-refractivity contribution in [3.8, 4) is 0 Å². The van der Waals surface area contributed by atoms with Gasteiger partial charge in [0, 0.05) is 12.7 Å². The summed E-state index contributed by atoms with van der Waals surface area (Å²) >= 11 is 1.26. The van der Waals surface area contributed by atoms with Crippen molar-refractivity contribution in [1.82, 2.24) is 15.1 Å². The molecule has 0 saturated heterocycles. The van der Waals surface area contributed by atoms with Gasteiger partial charge in [0.15, 0.2) is 5.69 Å². The summed E-state index contributed by atoms with van der Waals surface area (Å²) in [5.74, 6) is -0.186. The molecule has 0 fully saturated rings. The van der Waals surface area contributed by atoms with Gasteiger partial charge in [-0.2, -0.15) is 18.3 Å². The van der Waals surface area contributed by atoms with Crippen LogP contribution in [0, 0.1) is 0 Å². The Balaban J connectivity index is 1.54. The molecule has 4 nitrogen and oxygen atoms in total. The van der Waals surface area contributed by atoms with Crippen LogP contribution in [0.15, 0.2) is 54.0 Å². The van der Waals surface area contributed by atoms with Crippen LogP contribution >= 0.6 is 11.3 Å². The maximum absolute atomic E-state index is 12.6. The fourth-order valence-corrected chi connectivity index (χ4v) is 3.24. The summed E-state index contributed by atoms with van der Waals surface area (Å²) in [5.41, 5.74) is 0.950. The van der Waals surface area contributed by atoms with E-state index in [1.54, 1.807) is 11.4 Å². The standard InChI is InChI=1S/C18H16F3N3OS/c19-18(20,21)16-7-9-24(23-16)11-14-10-15(26-12-14)17(25)22-8-6-13-4-2-1-3-5-13/h1-5,7,9-10,12H,6,8,11H2,(H,22,25). The van der Waals surface area contributed by atoms with Crippen molar-refractivity contribution in [2.24, 2.45) is 0 Å². The van der Waals surface area contributed by atoms with E-state index in [4.69, 9.17) is 0 Å². The molecule has 3 rings (SSSR count). The van der Waals surface area contributed by atoms with Crippen LogP contribution in [-0.4, -0.2) is 22.2 Å². The zero-order valence-corrected chi connectivity index (χ0v) is 14.5. The third-order valence-corrected chi connectivity index (χ3v) is 4.67. The lowest BCUT2D eigenvalue weighted by molar-refractivity contribution is -0.141. The van der Waals surface area contributed by atoms with Crippen molar-refractivity contribution < 1.29 is 18.0 Å². The number of aromatic nitrogens is 2. The number of alkyl halides is 3. The Morgan fingerprint density at radius 3 is 2.62 bits per heavy atom. The SMILES string of the molecule is O=C(NCCc1ccccc1)c1cc(Cn2ccc(C(F)(F)F)n2)cs1. The number of thiophene rings is 1. The van der Waals surface area contributed by atoms with E-state index in [-0.39, 0.29) is 12.5 Å². The van der Waals surface area contributed by atoms with Crippen LogP contribution in [0.25, 0.3) is 0 Å². The zero-order chi connectivity index (χ0) is 18.6. The molecule has 2 aromatic heterocycles. The normalized spacial score (nSPS) is 11.5. The smallest absolute Gasteiger partial charge is 0.351 e. The van der Waals surface area contributed by atoms with E-state index in [0.29, 0.717) is 11.4 Å². The van der Waals surface area contributed by atoms with E-state index in [1.165, 1.54) is 22.2 Å². The molecule has 3 aromatic rings. The molecule has 0 bridgehead atoms. The van der Waals surface area contributed by atoms with Gasteiger partial charge in [0.1, 0.15) is 0 Å². The van der Waals surface area contributed by atoms with Crippen molar-refractivity contribution in [1.29, 1.82) is 0 Å². The van der Waals surface area contributed by atoms with Crippen LogP contribution in [0.4, 0.5) is 13.2 Å². The van der Waals surface area contributed by atoms with Gasteiger partial charge in [-0.05, 0) is 35.1 Å². The van der Waals surface area contributed by atoms with Crippen LogP contribution in [-0.2, 0) is 19.1 Å². The number of carbonyl (C=O) groups excluding carboxylic acids is 1. The number of nitrogens with zero attached hydrogens (tertiary/aromatic N) is 2. The molecule has 8 heteroatoms. The number of hydrogen-bond acceptors (Lipinski definition) is 3. The molecule has 0 atom stereocenters. The van der Waals surface area contributed by atoms with Crippen molar-refractivity contribution in [2.45, 2.75) is 19.1 Å². The highest BCUT2D eigenvalue weighted by Gasteiger charge is 2.33.